The van der Waals surface area contributed by atoms with E-state index in [2.05, 4.69) is 9.47 Å². The first kappa shape index (κ1) is 17.3. The molecule has 0 spiro atoms. The van der Waals surface area contributed by atoms with Crippen LogP contribution in [0, 0.1) is 12.7 Å². The maximum Gasteiger partial charge on any atom is 0.167 e. The van der Waals surface area contributed by atoms with Crippen molar-refractivity contribution in [3.63, 3.8) is 0 Å². The predicted molar refractivity (Wildman–Crippen MR) is 63.6 cm³/mol. The molecule has 0 saturated heterocycles. The van der Waals surface area contributed by atoms with Crippen LogP contribution in [0.5, 0.6) is 5.75 Å². The van der Waals surface area contributed by atoms with Crippen LogP contribution in [0.2, 0.25) is 0 Å². The molecule has 0 atom stereocenters. The lowest BCUT2D eigenvalue weighted by molar-refractivity contribution is 0.277. The molecule has 3 nitrogen and oxygen atoms in total. The van der Waals surface area contributed by atoms with Gasteiger partial charge in [-0.3, -0.25) is 0 Å². The van der Waals surface area contributed by atoms with Crippen molar-refractivity contribution in [3.05, 3.63) is 29.6 Å². The van der Waals surface area contributed by atoms with E-state index in [4.69, 9.17) is 4.74 Å². The van der Waals surface area contributed by atoms with E-state index in [1.165, 1.54) is 7.11 Å². The van der Waals surface area contributed by atoms with Crippen LogP contribution >= 0.6 is 0 Å². The molecule has 0 bridgehead atoms. The average Bonchev–Trinajstić information content (AvgIpc) is 2.24. The highest BCUT2D eigenvalue weighted by molar-refractivity contribution is 5.29. The lowest BCUT2D eigenvalue weighted by Crippen LogP contribution is -1.89. The third kappa shape index (κ3) is 8.20. The molecule has 0 saturated carbocycles. The van der Waals surface area contributed by atoms with Crippen LogP contribution < -0.4 is 4.74 Å². The molecule has 0 aromatic heterocycles. The molecule has 0 aliphatic heterocycles. The first-order valence-electron chi connectivity index (χ1n) is 4.68. The second kappa shape index (κ2) is 11.9. The Balaban J connectivity index is 0. The quantitative estimate of drug-likeness (QED) is 0.745. The fourth-order valence-electron chi connectivity index (χ4n) is 0.778. The first-order valence-corrected chi connectivity index (χ1v) is 4.68. The van der Waals surface area contributed by atoms with Gasteiger partial charge in [0.25, 0.3) is 0 Å². The number of benzene rings is 1. The summed E-state index contributed by atoms with van der Waals surface area (Å²) in [5.74, 6) is 0.0324. The summed E-state index contributed by atoms with van der Waals surface area (Å²) in [5, 5.41) is 0. The number of methoxy groups -OCH3 is 3. The molecule has 0 N–H and O–H groups in total. The minimum atomic E-state index is -0.273. The molecule has 1 rings (SSSR count). The van der Waals surface area contributed by atoms with Crippen molar-refractivity contribution in [2.24, 2.45) is 0 Å². The van der Waals surface area contributed by atoms with Crippen molar-refractivity contribution >= 4 is 0 Å². The van der Waals surface area contributed by atoms with Crippen molar-refractivity contribution in [3.8, 4) is 5.75 Å². The van der Waals surface area contributed by atoms with Gasteiger partial charge in [0, 0.05) is 28.4 Å². The molecular weight excluding hydrogens is 211 g/mol. The van der Waals surface area contributed by atoms with Crippen LogP contribution in [0.1, 0.15) is 5.56 Å². The highest BCUT2D eigenvalue weighted by atomic mass is 19.1. The van der Waals surface area contributed by atoms with Crippen molar-refractivity contribution in [1.29, 1.82) is 0 Å². The Kier molecular flexibility index (Phi) is 12.9. The minimum Gasteiger partial charge on any atom is -0.494 e. The molecule has 94 valence electrons. The molecule has 0 unspecified atom stereocenters. The zero-order valence-electron chi connectivity index (χ0n) is 10.8. The van der Waals surface area contributed by atoms with E-state index < -0.39 is 0 Å². The van der Waals surface area contributed by atoms with E-state index in [-0.39, 0.29) is 5.82 Å². The number of aryl methyl sites for hydroxylation is 1. The predicted octanol–water partition coefficient (Wildman–Crippen LogP) is 2.67. The highest BCUT2D eigenvalue weighted by Crippen LogP contribution is 2.18. The Morgan fingerprint density at radius 3 is 1.69 bits per heavy atom. The standard InChI is InChI=1S/C8H9FO.2C2H6O/c1-6-4-3-5-7(10-2)8(6)9;2*1-3-2/h3-5H,1-2H3;2*1-2H3. The fraction of sp³-hybridized carbons (Fsp3) is 0.500. The van der Waals surface area contributed by atoms with E-state index in [1.807, 2.05) is 0 Å². The number of rotatable bonds is 1. The average molecular weight is 232 g/mol. The maximum atomic E-state index is 12.9. The topological polar surface area (TPSA) is 27.7 Å². The van der Waals surface area contributed by atoms with Crippen LogP contribution in [0.25, 0.3) is 0 Å². The van der Waals surface area contributed by atoms with Crippen molar-refractivity contribution in [1.82, 2.24) is 0 Å². The Hall–Kier alpha value is -1.13. The smallest absolute Gasteiger partial charge is 0.167 e. The van der Waals surface area contributed by atoms with Crippen LogP contribution in [0.15, 0.2) is 18.2 Å². The Labute approximate surface area is 97.1 Å². The zero-order chi connectivity index (χ0) is 13.0. The second-order valence-corrected chi connectivity index (χ2v) is 2.91. The van der Waals surface area contributed by atoms with Crippen LogP contribution in [-0.2, 0) is 9.47 Å². The molecule has 1 aromatic carbocycles. The van der Waals surface area contributed by atoms with E-state index in [1.54, 1.807) is 53.6 Å². The molecule has 0 aliphatic carbocycles. The third-order valence-corrected chi connectivity index (χ3v) is 1.38. The van der Waals surface area contributed by atoms with Gasteiger partial charge in [-0.25, -0.2) is 4.39 Å². The largest absolute Gasteiger partial charge is 0.494 e. The van der Waals surface area contributed by atoms with Gasteiger partial charge in [0.05, 0.1) is 7.11 Å². The number of halogens is 1. The second-order valence-electron chi connectivity index (χ2n) is 2.91. The van der Waals surface area contributed by atoms with Crippen LogP contribution in [-0.4, -0.2) is 35.5 Å². The lowest BCUT2D eigenvalue weighted by atomic mass is 10.2. The summed E-state index contributed by atoms with van der Waals surface area (Å²) in [4.78, 5) is 0. The van der Waals surface area contributed by atoms with Gasteiger partial charge < -0.3 is 14.2 Å². The van der Waals surface area contributed by atoms with Crippen LogP contribution in [0.3, 0.4) is 0 Å². The van der Waals surface area contributed by atoms with Crippen molar-refractivity contribution in [2.75, 3.05) is 35.5 Å². The van der Waals surface area contributed by atoms with Gasteiger partial charge in [-0.15, -0.1) is 0 Å². The molecule has 0 aliphatic rings. The van der Waals surface area contributed by atoms with E-state index in [9.17, 15) is 4.39 Å². The van der Waals surface area contributed by atoms with Gasteiger partial charge >= 0.3 is 0 Å². The molecule has 16 heavy (non-hydrogen) atoms. The summed E-state index contributed by atoms with van der Waals surface area (Å²) >= 11 is 0. The Bertz CT molecular complexity index is 262. The normalized spacial score (nSPS) is 8.19. The van der Waals surface area contributed by atoms with Gasteiger partial charge in [0.1, 0.15) is 0 Å². The lowest BCUT2D eigenvalue weighted by Gasteiger charge is -2.01. The minimum absolute atomic E-state index is 0.273. The number of hydrogen-bond acceptors (Lipinski definition) is 3. The van der Waals surface area contributed by atoms with E-state index in [0.29, 0.717) is 11.3 Å². The maximum absolute atomic E-state index is 12.9. The zero-order valence-corrected chi connectivity index (χ0v) is 10.8. The molecular formula is C12H21FO3. The monoisotopic (exact) mass is 232 g/mol. The van der Waals surface area contributed by atoms with Crippen molar-refractivity contribution < 1.29 is 18.6 Å². The summed E-state index contributed by atoms with van der Waals surface area (Å²) in [5.41, 5.74) is 0.611. The molecule has 0 radical (unpaired) electrons. The summed E-state index contributed by atoms with van der Waals surface area (Å²) in [6, 6.07) is 5.07. The van der Waals surface area contributed by atoms with Crippen LogP contribution in [0.4, 0.5) is 4.39 Å². The highest BCUT2D eigenvalue weighted by Gasteiger charge is 2.02. The molecule has 0 fully saturated rings. The summed E-state index contributed by atoms with van der Waals surface area (Å²) in [6.07, 6.45) is 0. The van der Waals surface area contributed by atoms with Crippen molar-refractivity contribution in [2.45, 2.75) is 6.92 Å². The Morgan fingerprint density at radius 1 is 0.938 bits per heavy atom. The van der Waals surface area contributed by atoms with Gasteiger partial charge in [-0.05, 0) is 18.6 Å². The summed E-state index contributed by atoms with van der Waals surface area (Å²) in [6.45, 7) is 1.71. The molecule has 4 heteroatoms. The Morgan fingerprint density at radius 2 is 1.38 bits per heavy atom. The first-order chi connectivity index (χ1) is 7.58. The molecule has 0 amide bonds. The summed E-state index contributed by atoms with van der Waals surface area (Å²) < 4.78 is 26.1. The number of hydrogen-bond donors (Lipinski definition) is 0. The number of ether oxygens (including phenoxy) is 3. The van der Waals surface area contributed by atoms with E-state index >= 15 is 0 Å². The van der Waals surface area contributed by atoms with Gasteiger partial charge in [-0.1, -0.05) is 12.1 Å². The third-order valence-electron chi connectivity index (χ3n) is 1.38. The van der Waals surface area contributed by atoms with Gasteiger partial charge in [0.15, 0.2) is 11.6 Å². The summed E-state index contributed by atoms with van der Waals surface area (Å²) in [7, 11) is 7.96. The SMILES string of the molecule is COC.COC.COc1cccc(C)c1F. The molecule has 0 heterocycles. The molecule has 1 aromatic rings. The van der Waals surface area contributed by atoms with Gasteiger partial charge in [0.2, 0.25) is 0 Å². The fourth-order valence-corrected chi connectivity index (χ4v) is 0.778. The van der Waals surface area contributed by atoms with E-state index in [0.717, 1.165) is 0 Å². The van der Waals surface area contributed by atoms with Gasteiger partial charge in [-0.2, -0.15) is 0 Å².